The lowest BCUT2D eigenvalue weighted by Crippen LogP contribution is -2.37. The molecule has 0 aliphatic carbocycles. The van der Waals surface area contributed by atoms with Gasteiger partial charge in [0, 0.05) is 30.6 Å². The van der Waals surface area contributed by atoms with Crippen molar-refractivity contribution >= 4 is 16.8 Å². The molecule has 1 aliphatic heterocycles. The molecule has 0 atom stereocenters. The largest absolute Gasteiger partial charge is 0.338 e. The van der Waals surface area contributed by atoms with Gasteiger partial charge in [0.1, 0.15) is 0 Å². The molecule has 0 saturated heterocycles. The van der Waals surface area contributed by atoms with Gasteiger partial charge in [0.2, 0.25) is 5.91 Å². The minimum atomic E-state index is -0.0473. The zero-order valence-corrected chi connectivity index (χ0v) is 14.3. The Morgan fingerprint density at radius 1 is 1.22 bits per heavy atom. The molecule has 0 bridgehead atoms. The maximum absolute atomic E-state index is 12.5. The summed E-state index contributed by atoms with van der Waals surface area (Å²) in [6.45, 7) is 9.49. The second-order valence-corrected chi connectivity index (χ2v) is 7.79. The molecular formula is C19H24N2O2. The molecule has 122 valence electrons. The van der Waals surface area contributed by atoms with Gasteiger partial charge in [0.05, 0.1) is 0 Å². The molecular weight excluding hydrogens is 288 g/mol. The van der Waals surface area contributed by atoms with Gasteiger partial charge in [0.25, 0.3) is 5.56 Å². The van der Waals surface area contributed by atoms with Crippen molar-refractivity contribution < 1.29 is 4.79 Å². The first-order chi connectivity index (χ1) is 10.7. The molecule has 2 heterocycles. The fourth-order valence-corrected chi connectivity index (χ4v) is 3.15. The molecule has 0 radical (unpaired) electrons. The summed E-state index contributed by atoms with van der Waals surface area (Å²) < 4.78 is 0. The lowest BCUT2D eigenvalue weighted by Gasteiger charge is -2.31. The molecule has 2 aromatic rings. The van der Waals surface area contributed by atoms with Crippen molar-refractivity contribution in [3.05, 3.63) is 45.2 Å². The van der Waals surface area contributed by atoms with E-state index in [0.717, 1.165) is 35.0 Å². The zero-order chi connectivity index (χ0) is 16.8. The second kappa shape index (κ2) is 5.52. The van der Waals surface area contributed by atoms with Gasteiger partial charge in [-0.15, -0.1) is 0 Å². The van der Waals surface area contributed by atoms with Crippen LogP contribution in [-0.2, 0) is 17.8 Å². The number of nitrogens with one attached hydrogen (secondary N) is 1. The second-order valence-electron chi connectivity index (χ2n) is 7.79. The van der Waals surface area contributed by atoms with Crippen molar-refractivity contribution in [2.24, 2.45) is 5.41 Å². The van der Waals surface area contributed by atoms with Gasteiger partial charge in [-0.05, 0) is 53.5 Å². The summed E-state index contributed by atoms with van der Waals surface area (Å²) in [7, 11) is 0. The first kappa shape index (κ1) is 15.8. The van der Waals surface area contributed by atoms with E-state index in [4.69, 9.17) is 0 Å². The molecule has 0 fully saturated rings. The minimum Gasteiger partial charge on any atom is -0.338 e. The van der Waals surface area contributed by atoms with E-state index in [1.807, 2.05) is 24.0 Å². The van der Waals surface area contributed by atoms with Gasteiger partial charge < -0.3 is 9.88 Å². The van der Waals surface area contributed by atoms with E-state index in [2.05, 4.69) is 31.8 Å². The van der Waals surface area contributed by atoms with E-state index in [1.54, 1.807) is 0 Å². The Kier molecular flexibility index (Phi) is 3.78. The number of benzene rings is 1. The number of nitrogens with zero attached hydrogens (tertiary/aromatic N) is 1. The lowest BCUT2D eigenvalue weighted by atomic mass is 9.90. The Labute approximate surface area is 136 Å². The molecule has 1 N–H and O–H groups in total. The van der Waals surface area contributed by atoms with Gasteiger partial charge in [-0.1, -0.05) is 20.8 Å². The number of rotatable bonds is 1. The Bertz CT molecular complexity index is 828. The number of fused-ring (bicyclic) bond motifs is 2. The SMILES string of the molecule is Cc1cc2cc3c(cc2[nH]c1=O)CN(C(=O)CC(C)(C)C)CC3. The third kappa shape index (κ3) is 3.31. The Morgan fingerprint density at radius 3 is 2.65 bits per heavy atom. The lowest BCUT2D eigenvalue weighted by molar-refractivity contribution is -0.134. The predicted molar refractivity (Wildman–Crippen MR) is 92.5 cm³/mol. The van der Waals surface area contributed by atoms with Crippen molar-refractivity contribution in [2.75, 3.05) is 6.54 Å². The average Bonchev–Trinajstić information content (AvgIpc) is 2.44. The Hall–Kier alpha value is -2.10. The number of amides is 1. The highest BCUT2D eigenvalue weighted by atomic mass is 16.2. The minimum absolute atomic E-state index is 0.00348. The van der Waals surface area contributed by atoms with Crippen LogP contribution < -0.4 is 5.56 Å². The molecule has 0 saturated carbocycles. The first-order valence-electron chi connectivity index (χ1n) is 8.16. The van der Waals surface area contributed by atoms with Crippen LogP contribution in [-0.4, -0.2) is 22.3 Å². The van der Waals surface area contributed by atoms with Gasteiger partial charge >= 0.3 is 0 Å². The van der Waals surface area contributed by atoms with Crippen molar-refractivity contribution in [1.29, 1.82) is 0 Å². The van der Waals surface area contributed by atoms with Crippen LogP contribution >= 0.6 is 0 Å². The van der Waals surface area contributed by atoms with Crippen molar-refractivity contribution in [2.45, 2.75) is 47.1 Å². The molecule has 4 heteroatoms. The molecule has 1 aliphatic rings. The third-order valence-electron chi connectivity index (χ3n) is 4.40. The Balaban J connectivity index is 1.91. The van der Waals surface area contributed by atoms with E-state index >= 15 is 0 Å². The van der Waals surface area contributed by atoms with Gasteiger partial charge in [0.15, 0.2) is 0 Å². The van der Waals surface area contributed by atoms with E-state index in [1.165, 1.54) is 5.56 Å². The summed E-state index contributed by atoms with van der Waals surface area (Å²) in [4.78, 5) is 29.1. The maximum Gasteiger partial charge on any atom is 0.251 e. The number of carbonyl (C=O) groups is 1. The number of aromatic amines is 1. The third-order valence-corrected chi connectivity index (χ3v) is 4.40. The summed E-state index contributed by atoms with van der Waals surface area (Å²) in [5, 5.41) is 1.07. The Morgan fingerprint density at radius 2 is 1.96 bits per heavy atom. The van der Waals surface area contributed by atoms with Crippen LogP contribution in [0.5, 0.6) is 0 Å². The molecule has 1 aromatic heterocycles. The maximum atomic E-state index is 12.5. The van der Waals surface area contributed by atoms with Gasteiger partial charge in [-0.25, -0.2) is 0 Å². The molecule has 3 rings (SSSR count). The molecule has 4 nitrogen and oxygen atoms in total. The number of carbonyl (C=O) groups excluding carboxylic acids is 1. The van der Waals surface area contributed by atoms with Crippen LogP contribution in [0.1, 0.15) is 43.9 Å². The summed E-state index contributed by atoms with van der Waals surface area (Å²) in [6, 6.07) is 6.12. The average molecular weight is 312 g/mol. The monoisotopic (exact) mass is 312 g/mol. The number of aryl methyl sites for hydroxylation is 1. The quantitative estimate of drug-likeness (QED) is 0.879. The number of H-pyrrole nitrogens is 1. The normalized spacial score (nSPS) is 14.9. The van der Waals surface area contributed by atoms with Gasteiger partial charge in [-0.3, -0.25) is 9.59 Å². The number of hydrogen-bond acceptors (Lipinski definition) is 2. The standard InChI is InChI=1S/C19H24N2O2/c1-12-7-14-8-13-5-6-21(17(22)10-19(2,3)4)11-15(13)9-16(14)20-18(12)23/h7-9H,5-6,10-11H2,1-4H3,(H,20,23). The summed E-state index contributed by atoms with van der Waals surface area (Å²) in [5.74, 6) is 0.209. The number of aromatic nitrogens is 1. The van der Waals surface area contributed by atoms with Crippen LogP contribution in [0.4, 0.5) is 0 Å². The van der Waals surface area contributed by atoms with Crippen LogP contribution in [0.2, 0.25) is 0 Å². The predicted octanol–water partition coefficient (Wildman–Crippen LogP) is 3.16. The van der Waals surface area contributed by atoms with Crippen LogP contribution in [0.3, 0.4) is 0 Å². The summed E-state index contributed by atoms with van der Waals surface area (Å²) in [5.41, 5.74) is 3.96. The summed E-state index contributed by atoms with van der Waals surface area (Å²) >= 11 is 0. The van der Waals surface area contributed by atoms with E-state index in [-0.39, 0.29) is 16.9 Å². The highest BCUT2D eigenvalue weighted by Gasteiger charge is 2.25. The van der Waals surface area contributed by atoms with Crippen LogP contribution in [0.15, 0.2) is 23.0 Å². The number of pyridine rings is 1. The molecule has 1 aromatic carbocycles. The topological polar surface area (TPSA) is 53.2 Å². The summed E-state index contributed by atoms with van der Waals surface area (Å²) in [6.07, 6.45) is 1.44. The van der Waals surface area contributed by atoms with Crippen molar-refractivity contribution in [1.82, 2.24) is 9.88 Å². The number of hydrogen-bond donors (Lipinski definition) is 1. The molecule has 1 amide bonds. The van der Waals surface area contributed by atoms with Gasteiger partial charge in [-0.2, -0.15) is 0 Å². The highest BCUT2D eigenvalue weighted by molar-refractivity contribution is 5.82. The molecule has 0 spiro atoms. The van der Waals surface area contributed by atoms with E-state index in [9.17, 15) is 9.59 Å². The van der Waals surface area contributed by atoms with Crippen LogP contribution in [0.25, 0.3) is 10.9 Å². The fraction of sp³-hybridized carbons (Fsp3) is 0.474. The molecule has 23 heavy (non-hydrogen) atoms. The fourth-order valence-electron chi connectivity index (χ4n) is 3.15. The van der Waals surface area contributed by atoms with E-state index < -0.39 is 0 Å². The molecule has 0 unspecified atom stereocenters. The first-order valence-corrected chi connectivity index (χ1v) is 8.16. The smallest absolute Gasteiger partial charge is 0.251 e. The van der Waals surface area contributed by atoms with Crippen LogP contribution in [0, 0.1) is 12.3 Å². The zero-order valence-electron chi connectivity index (χ0n) is 14.3. The van der Waals surface area contributed by atoms with Crippen molar-refractivity contribution in [3.8, 4) is 0 Å². The van der Waals surface area contributed by atoms with E-state index in [0.29, 0.717) is 13.0 Å². The highest BCUT2D eigenvalue weighted by Crippen LogP contribution is 2.26. The van der Waals surface area contributed by atoms with Crippen molar-refractivity contribution in [3.63, 3.8) is 0 Å².